The van der Waals surface area contributed by atoms with Gasteiger partial charge in [-0.05, 0) is 24.8 Å². The number of benzene rings is 1. The Balaban J connectivity index is 1.77. The summed E-state index contributed by atoms with van der Waals surface area (Å²) in [5.41, 5.74) is 1.04. The first kappa shape index (κ1) is 15.0. The normalized spacial score (nSPS) is 24.6. The Bertz CT molecular complexity index is 432. The fourth-order valence-electron chi connectivity index (χ4n) is 2.94. The number of carbonyl (C=O) groups is 1. The number of rotatable bonds is 5. The van der Waals surface area contributed by atoms with E-state index in [-0.39, 0.29) is 11.9 Å². The first-order valence-corrected chi connectivity index (χ1v) is 7.51. The maximum Gasteiger partial charge on any atom is 0.310 e. The van der Waals surface area contributed by atoms with Crippen LogP contribution in [0.3, 0.4) is 0 Å². The van der Waals surface area contributed by atoms with Crippen LogP contribution in [0.15, 0.2) is 30.3 Å². The lowest BCUT2D eigenvalue weighted by Crippen LogP contribution is -2.35. The predicted molar refractivity (Wildman–Crippen MR) is 80.2 cm³/mol. The van der Waals surface area contributed by atoms with Crippen LogP contribution in [0.2, 0.25) is 0 Å². The highest BCUT2D eigenvalue weighted by Crippen LogP contribution is 2.23. The zero-order chi connectivity index (χ0) is 14.5. The number of hydrogen-bond acceptors (Lipinski definition) is 3. The van der Waals surface area contributed by atoms with Crippen LogP contribution in [0, 0.1) is 11.8 Å². The topological polar surface area (TPSA) is 29.5 Å². The first-order chi connectivity index (χ1) is 9.56. The van der Waals surface area contributed by atoms with Crippen molar-refractivity contribution in [3.05, 3.63) is 35.9 Å². The summed E-state index contributed by atoms with van der Waals surface area (Å²) in [5, 5.41) is 0. The number of ether oxygens (including phenoxy) is 1. The summed E-state index contributed by atoms with van der Waals surface area (Å²) in [6, 6.07) is 10.4. The summed E-state index contributed by atoms with van der Waals surface area (Å²) in [6.07, 6.45) is 1.23. The SMILES string of the molecule is CC1CC(C)N(CC(C)C(=O)OCc2ccccc2)C1. The molecule has 1 aromatic rings. The monoisotopic (exact) mass is 275 g/mol. The van der Waals surface area contributed by atoms with Crippen LogP contribution in [-0.4, -0.2) is 30.0 Å². The van der Waals surface area contributed by atoms with Gasteiger partial charge in [-0.2, -0.15) is 0 Å². The molecule has 110 valence electrons. The molecule has 0 aliphatic carbocycles. The van der Waals surface area contributed by atoms with Crippen LogP contribution in [-0.2, 0) is 16.1 Å². The number of nitrogens with zero attached hydrogens (tertiary/aromatic N) is 1. The molecule has 20 heavy (non-hydrogen) atoms. The lowest BCUT2D eigenvalue weighted by atomic mass is 10.1. The molecule has 2 rings (SSSR count). The van der Waals surface area contributed by atoms with Crippen molar-refractivity contribution in [3.63, 3.8) is 0 Å². The average molecular weight is 275 g/mol. The van der Waals surface area contributed by atoms with Gasteiger partial charge in [0.1, 0.15) is 6.61 Å². The lowest BCUT2D eigenvalue weighted by molar-refractivity contribution is -0.150. The van der Waals surface area contributed by atoms with Crippen molar-refractivity contribution in [1.82, 2.24) is 4.90 Å². The Morgan fingerprint density at radius 3 is 2.65 bits per heavy atom. The van der Waals surface area contributed by atoms with Crippen LogP contribution in [0.25, 0.3) is 0 Å². The van der Waals surface area contributed by atoms with Gasteiger partial charge in [0.05, 0.1) is 5.92 Å². The van der Waals surface area contributed by atoms with Gasteiger partial charge in [0.15, 0.2) is 0 Å². The fraction of sp³-hybridized carbons (Fsp3) is 0.588. The molecule has 1 saturated heterocycles. The van der Waals surface area contributed by atoms with Crippen molar-refractivity contribution in [2.45, 2.75) is 39.8 Å². The van der Waals surface area contributed by atoms with Crippen molar-refractivity contribution < 1.29 is 9.53 Å². The minimum Gasteiger partial charge on any atom is -0.461 e. The van der Waals surface area contributed by atoms with Gasteiger partial charge in [0.2, 0.25) is 0 Å². The minimum atomic E-state index is -0.0967. The van der Waals surface area contributed by atoms with Crippen LogP contribution in [0.4, 0.5) is 0 Å². The maximum atomic E-state index is 12.0. The van der Waals surface area contributed by atoms with Gasteiger partial charge in [0, 0.05) is 19.1 Å². The quantitative estimate of drug-likeness (QED) is 0.773. The highest BCUT2D eigenvalue weighted by atomic mass is 16.5. The Labute approximate surface area is 121 Å². The average Bonchev–Trinajstić information content (AvgIpc) is 2.75. The van der Waals surface area contributed by atoms with E-state index in [1.807, 2.05) is 37.3 Å². The third-order valence-corrected chi connectivity index (χ3v) is 4.05. The lowest BCUT2D eigenvalue weighted by Gasteiger charge is -2.24. The van der Waals surface area contributed by atoms with Gasteiger partial charge in [-0.25, -0.2) is 0 Å². The summed E-state index contributed by atoms with van der Waals surface area (Å²) in [4.78, 5) is 14.4. The highest BCUT2D eigenvalue weighted by Gasteiger charge is 2.29. The minimum absolute atomic E-state index is 0.0635. The summed E-state index contributed by atoms with van der Waals surface area (Å²) in [5.74, 6) is 0.574. The van der Waals surface area contributed by atoms with Gasteiger partial charge in [-0.1, -0.05) is 44.2 Å². The van der Waals surface area contributed by atoms with E-state index in [2.05, 4.69) is 18.7 Å². The van der Waals surface area contributed by atoms with E-state index in [4.69, 9.17) is 4.74 Å². The van der Waals surface area contributed by atoms with Gasteiger partial charge in [-0.3, -0.25) is 9.69 Å². The molecule has 0 radical (unpaired) electrons. The maximum absolute atomic E-state index is 12.0. The van der Waals surface area contributed by atoms with E-state index in [0.29, 0.717) is 12.6 Å². The van der Waals surface area contributed by atoms with Crippen LogP contribution >= 0.6 is 0 Å². The molecule has 0 aromatic heterocycles. The molecule has 1 heterocycles. The van der Waals surface area contributed by atoms with Crippen molar-refractivity contribution in [2.24, 2.45) is 11.8 Å². The second-order valence-corrected chi connectivity index (χ2v) is 6.14. The van der Waals surface area contributed by atoms with Crippen LogP contribution < -0.4 is 0 Å². The molecule has 3 heteroatoms. The van der Waals surface area contributed by atoms with Crippen molar-refractivity contribution in [3.8, 4) is 0 Å². The molecule has 3 atom stereocenters. The van der Waals surface area contributed by atoms with Gasteiger partial charge >= 0.3 is 5.97 Å². The molecule has 1 aromatic carbocycles. The number of carbonyl (C=O) groups excluding carboxylic acids is 1. The second kappa shape index (κ2) is 6.89. The third-order valence-electron chi connectivity index (χ3n) is 4.05. The van der Waals surface area contributed by atoms with E-state index in [1.54, 1.807) is 0 Å². The molecular weight excluding hydrogens is 250 g/mol. The van der Waals surface area contributed by atoms with Gasteiger partial charge in [0.25, 0.3) is 0 Å². The molecule has 1 aliphatic rings. The van der Waals surface area contributed by atoms with Gasteiger partial charge < -0.3 is 4.74 Å². The molecule has 0 saturated carbocycles. The van der Waals surface area contributed by atoms with Crippen molar-refractivity contribution in [2.75, 3.05) is 13.1 Å². The van der Waals surface area contributed by atoms with E-state index in [0.717, 1.165) is 24.6 Å². The number of likely N-dealkylation sites (tertiary alicyclic amines) is 1. The molecule has 0 N–H and O–H groups in total. The zero-order valence-corrected chi connectivity index (χ0v) is 12.7. The second-order valence-electron chi connectivity index (χ2n) is 6.14. The third kappa shape index (κ3) is 4.07. The van der Waals surface area contributed by atoms with E-state index < -0.39 is 0 Å². The van der Waals surface area contributed by atoms with Crippen LogP contribution in [0.1, 0.15) is 32.8 Å². The fourth-order valence-corrected chi connectivity index (χ4v) is 2.94. The zero-order valence-electron chi connectivity index (χ0n) is 12.7. The Kier molecular flexibility index (Phi) is 5.18. The van der Waals surface area contributed by atoms with Crippen molar-refractivity contribution in [1.29, 1.82) is 0 Å². The Hall–Kier alpha value is -1.35. The molecule has 3 nitrogen and oxygen atoms in total. The Morgan fingerprint density at radius 1 is 1.35 bits per heavy atom. The molecule has 0 spiro atoms. The van der Waals surface area contributed by atoms with E-state index >= 15 is 0 Å². The highest BCUT2D eigenvalue weighted by molar-refractivity contribution is 5.72. The predicted octanol–water partition coefficient (Wildman–Crippen LogP) is 3.10. The number of hydrogen-bond donors (Lipinski definition) is 0. The summed E-state index contributed by atoms with van der Waals surface area (Å²) in [7, 11) is 0. The summed E-state index contributed by atoms with van der Waals surface area (Å²) >= 11 is 0. The van der Waals surface area contributed by atoms with Crippen LogP contribution in [0.5, 0.6) is 0 Å². The molecule has 0 amide bonds. The molecule has 3 unspecified atom stereocenters. The number of esters is 1. The smallest absolute Gasteiger partial charge is 0.310 e. The van der Waals surface area contributed by atoms with E-state index in [9.17, 15) is 4.79 Å². The van der Waals surface area contributed by atoms with E-state index in [1.165, 1.54) is 6.42 Å². The first-order valence-electron chi connectivity index (χ1n) is 7.51. The Morgan fingerprint density at radius 2 is 2.05 bits per heavy atom. The molecule has 1 aliphatic heterocycles. The standard InChI is InChI=1S/C17H25NO2/c1-13-9-15(3)18(10-13)11-14(2)17(19)20-12-16-7-5-4-6-8-16/h4-8,13-15H,9-12H2,1-3H3. The van der Waals surface area contributed by atoms with Crippen molar-refractivity contribution >= 4 is 5.97 Å². The molecule has 1 fully saturated rings. The largest absolute Gasteiger partial charge is 0.461 e. The van der Waals surface area contributed by atoms with Gasteiger partial charge in [-0.15, -0.1) is 0 Å². The summed E-state index contributed by atoms with van der Waals surface area (Å²) in [6.45, 7) is 8.75. The summed E-state index contributed by atoms with van der Waals surface area (Å²) < 4.78 is 5.40. The molecular formula is C17H25NO2. The molecule has 0 bridgehead atoms.